The Labute approximate surface area is 412 Å². The lowest BCUT2D eigenvalue weighted by atomic mass is 9.43. The van der Waals surface area contributed by atoms with Crippen molar-refractivity contribution in [1.82, 2.24) is 4.57 Å². The van der Waals surface area contributed by atoms with E-state index >= 15 is 0 Å². The zero-order valence-corrected chi connectivity index (χ0v) is 42.5. The van der Waals surface area contributed by atoms with E-state index in [1.807, 2.05) is 0 Å². The Bertz CT molecular complexity index is 4050. The molecule has 342 valence electrons. The van der Waals surface area contributed by atoms with Crippen molar-refractivity contribution >= 4 is 72.9 Å². The number of anilines is 2. The zero-order valence-electron chi connectivity index (χ0n) is 42.5. The van der Waals surface area contributed by atoms with Crippen LogP contribution in [-0.2, 0) is 27.1 Å². The quantitative estimate of drug-likeness (QED) is 0.153. The first kappa shape index (κ1) is 41.0. The van der Waals surface area contributed by atoms with Crippen LogP contribution >= 0.6 is 0 Å². The Morgan fingerprint density at radius 3 is 1.90 bits per heavy atom. The van der Waals surface area contributed by atoms with Gasteiger partial charge >= 0.3 is 6.85 Å². The van der Waals surface area contributed by atoms with Gasteiger partial charge in [0.25, 0.3) is 0 Å². The summed E-state index contributed by atoms with van der Waals surface area (Å²) in [4.78, 5) is 2.75. The molecule has 3 aliphatic carbocycles. The fourth-order valence-corrected chi connectivity index (χ4v) is 14.7. The molecule has 5 aliphatic rings. The predicted molar refractivity (Wildman–Crippen MR) is 296 cm³/mol. The van der Waals surface area contributed by atoms with E-state index in [0.717, 1.165) is 23.0 Å². The first-order valence-electron chi connectivity index (χ1n) is 25.8. The van der Waals surface area contributed by atoms with E-state index in [9.17, 15) is 0 Å². The van der Waals surface area contributed by atoms with E-state index in [1.165, 1.54) is 134 Å². The zero-order chi connectivity index (χ0) is 47.9. The molecule has 4 heterocycles. The van der Waals surface area contributed by atoms with Gasteiger partial charge in [0.05, 0.1) is 11.0 Å². The molecule has 3 nitrogen and oxygen atoms in total. The number of aromatic nitrogens is 1. The minimum Gasteiger partial charge on any atom is -0.456 e. The van der Waals surface area contributed by atoms with Crippen LogP contribution in [0.15, 0.2) is 138 Å². The van der Waals surface area contributed by atoms with Crippen molar-refractivity contribution < 1.29 is 4.42 Å². The number of hydrogen-bond donors (Lipinski definition) is 0. The van der Waals surface area contributed by atoms with E-state index in [4.69, 9.17) is 4.42 Å². The molecule has 2 aromatic heterocycles. The minimum atomic E-state index is -0.281. The van der Waals surface area contributed by atoms with Crippen LogP contribution < -0.4 is 15.7 Å². The number of fused-ring (bicyclic) bond motifs is 20. The van der Waals surface area contributed by atoms with Crippen molar-refractivity contribution in [3.05, 3.63) is 172 Å². The Morgan fingerprint density at radius 2 is 1.17 bits per heavy atom. The first-order chi connectivity index (χ1) is 33.4. The molecule has 10 aromatic rings. The van der Waals surface area contributed by atoms with Crippen LogP contribution in [-0.4, -0.2) is 11.4 Å². The lowest BCUT2D eigenvalue weighted by Gasteiger charge is -2.44. The Balaban J connectivity index is 1.20. The van der Waals surface area contributed by atoms with Crippen molar-refractivity contribution in [3.63, 3.8) is 0 Å². The van der Waals surface area contributed by atoms with Crippen LogP contribution in [0.4, 0.5) is 11.4 Å². The van der Waals surface area contributed by atoms with Crippen LogP contribution in [0, 0.1) is 0 Å². The summed E-state index contributed by atoms with van der Waals surface area (Å²) < 4.78 is 9.60. The van der Waals surface area contributed by atoms with Gasteiger partial charge in [0.15, 0.2) is 0 Å². The fourth-order valence-electron chi connectivity index (χ4n) is 14.7. The van der Waals surface area contributed by atoms with Crippen molar-refractivity contribution in [2.75, 3.05) is 4.81 Å². The summed E-state index contributed by atoms with van der Waals surface area (Å²) in [5, 5.41) is 5.08. The number of rotatable bonds is 1. The summed E-state index contributed by atoms with van der Waals surface area (Å²) in [7, 11) is 0. The fraction of sp³-hybridized carbons (Fsp3) is 0.273. The van der Waals surface area contributed by atoms with E-state index in [2.05, 4.69) is 219 Å². The standard InChI is InChI=1S/C66H59BN2O/c1-62(2,3)36-24-26-37(27-25-36)69-52-33-41-38-18-12-15-21-45(38)65(8,9)47(41)30-44(52)58-59-56(40-20-13-16-22-46(40)66(59,10)11)57-43-31-48-49(64(6,7)29-28-63(48,4)5)34-51(43)68-53-35-55-42(39-19-14-17-23-54(39)70-55)32-50(53)67(69)60(58)61(57)68/h12-27,30-35H,28-29H2,1-11H3. The molecule has 0 spiro atoms. The van der Waals surface area contributed by atoms with Crippen LogP contribution in [0.2, 0.25) is 0 Å². The molecule has 0 saturated carbocycles. The average Bonchev–Trinajstić information content (AvgIpc) is 4.01. The van der Waals surface area contributed by atoms with Gasteiger partial charge in [-0.05, 0) is 149 Å². The molecule has 0 saturated heterocycles. The highest BCUT2D eigenvalue weighted by atomic mass is 16.3. The summed E-state index contributed by atoms with van der Waals surface area (Å²) in [6.07, 6.45) is 2.33. The molecule has 15 rings (SSSR count). The molecule has 8 aromatic carbocycles. The highest BCUT2D eigenvalue weighted by molar-refractivity contribution is 6.94. The Hall–Kier alpha value is -6.78. The number of furan rings is 1. The minimum absolute atomic E-state index is 0.0168. The van der Waals surface area contributed by atoms with E-state index in [-0.39, 0.29) is 33.9 Å². The van der Waals surface area contributed by atoms with Gasteiger partial charge in [-0.2, -0.15) is 0 Å². The van der Waals surface area contributed by atoms with Crippen molar-refractivity contribution in [2.24, 2.45) is 0 Å². The maximum Gasteiger partial charge on any atom is 0.333 e. The van der Waals surface area contributed by atoms with Gasteiger partial charge in [-0.15, -0.1) is 0 Å². The number of benzene rings is 8. The van der Waals surface area contributed by atoms with Gasteiger partial charge in [0.1, 0.15) is 11.2 Å². The SMILES string of the molecule is CC(C)(C)c1ccc(N2B3c4cc5c(cc4-n4c6cc7c(cc6c6c8c(c(c3c64)-c3cc4c(cc32)-c2ccccc2C4(C)C)C(C)(C)c2ccccc2-8)C(C)(C)CCC7(C)C)oc2ccccc25)cc1. The molecule has 0 atom stereocenters. The lowest BCUT2D eigenvalue weighted by molar-refractivity contribution is 0.332. The molecule has 70 heavy (non-hydrogen) atoms. The monoisotopic (exact) mass is 906 g/mol. The molecule has 0 bridgehead atoms. The molecule has 0 amide bonds. The van der Waals surface area contributed by atoms with Gasteiger partial charge in [0.2, 0.25) is 0 Å². The first-order valence-corrected chi connectivity index (χ1v) is 25.8. The largest absolute Gasteiger partial charge is 0.456 e. The van der Waals surface area contributed by atoms with Crippen LogP contribution in [0.3, 0.4) is 0 Å². The summed E-state index contributed by atoms with van der Waals surface area (Å²) in [6.45, 7) is 26.6. The molecule has 2 aliphatic heterocycles. The third-order valence-corrected chi connectivity index (χ3v) is 18.5. The summed E-state index contributed by atoms with van der Waals surface area (Å²) in [5.41, 5.74) is 28.8. The van der Waals surface area contributed by atoms with Crippen LogP contribution in [0.25, 0.3) is 82.8 Å². The number of nitrogens with zero attached hydrogens (tertiary/aromatic N) is 2. The van der Waals surface area contributed by atoms with Gasteiger partial charge < -0.3 is 13.8 Å². The summed E-state index contributed by atoms with van der Waals surface area (Å²) >= 11 is 0. The average molecular weight is 907 g/mol. The summed E-state index contributed by atoms with van der Waals surface area (Å²) in [6, 6.07) is 52.2. The second-order valence-corrected chi connectivity index (χ2v) is 25.1. The Kier molecular flexibility index (Phi) is 7.48. The third-order valence-electron chi connectivity index (χ3n) is 18.5. The number of para-hydroxylation sites is 1. The molecular formula is C66H59BN2O. The van der Waals surface area contributed by atoms with Crippen LogP contribution in [0.1, 0.15) is 128 Å². The predicted octanol–water partition coefficient (Wildman–Crippen LogP) is 16.2. The normalized spacial score (nSPS) is 17.9. The van der Waals surface area contributed by atoms with Gasteiger partial charge in [0, 0.05) is 61.1 Å². The maximum atomic E-state index is 6.89. The highest BCUT2D eigenvalue weighted by Gasteiger charge is 2.52. The van der Waals surface area contributed by atoms with Crippen LogP contribution in [0.5, 0.6) is 0 Å². The lowest BCUT2D eigenvalue weighted by Crippen LogP contribution is -2.61. The molecular weight excluding hydrogens is 848 g/mol. The molecule has 0 N–H and O–H groups in total. The molecule has 4 heteroatoms. The van der Waals surface area contributed by atoms with Gasteiger partial charge in [-0.1, -0.05) is 161 Å². The summed E-state index contributed by atoms with van der Waals surface area (Å²) in [5.74, 6) is 0. The molecule has 0 unspecified atom stereocenters. The molecule has 0 fully saturated rings. The number of hydrogen-bond acceptors (Lipinski definition) is 2. The van der Waals surface area contributed by atoms with Gasteiger partial charge in [-0.25, -0.2) is 0 Å². The second-order valence-electron chi connectivity index (χ2n) is 25.1. The molecule has 0 radical (unpaired) electrons. The maximum absolute atomic E-state index is 6.89. The van der Waals surface area contributed by atoms with E-state index in [1.54, 1.807) is 0 Å². The van der Waals surface area contributed by atoms with Crippen molar-refractivity contribution in [2.45, 2.75) is 116 Å². The Morgan fingerprint density at radius 1 is 0.514 bits per heavy atom. The van der Waals surface area contributed by atoms with Crippen molar-refractivity contribution in [3.8, 4) is 39.1 Å². The van der Waals surface area contributed by atoms with E-state index in [0.29, 0.717) is 0 Å². The third kappa shape index (κ3) is 4.88. The smallest absolute Gasteiger partial charge is 0.333 e. The van der Waals surface area contributed by atoms with E-state index < -0.39 is 0 Å². The van der Waals surface area contributed by atoms with Gasteiger partial charge in [-0.3, -0.25) is 0 Å². The topological polar surface area (TPSA) is 21.3 Å². The second kappa shape index (κ2) is 12.8. The van der Waals surface area contributed by atoms with Crippen molar-refractivity contribution in [1.29, 1.82) is 0 Å². The highest BCUT2D eigenvalue weighted by Crippen LogP contribution is 2.62.